The molecule has 1 unspecified atom stereocenters. The van der Waals surface area contributed by atoms with Crippen LogP contribution in [0.1, 0.15) is 47.5 Å². The van der Waals surface area contributed by atoms with Crippen LogP contribution >= 0.6 is 0 Å². The van der Waals surface area contributed by atoms with Crippen molar-refractivity contribution in [3.8, 4) is 0 Å². The Labute approximate surface area is 93.7 Å². The summed E-state index contributed by atoms with van der Waals surface area (Å²) >= 11 is 0. The average molecular weight is 212 g/mol. The van der Waals surface area contributed by atoms with Crippen molar-refractivity contribution in [3.63, 3.8) is 0 Å². The molecule has 0 aromatic carbocycles. The summed E-state index contributed by atoms with van der Waals surface area (Å²) in [5.74, 6) is 1.01. The normalized spacial score (nSPS) is 14.1. The molecule has 0 bridgehead atoms. The van der Waals surface area contributed by atoms with Gasteiger partial charge in [-0.1, -0.05) is 32.4 Å². The predicted octanol–water partition coefficient (Wildman–Crippen LogP) is 3.57. The molecule has 0 fully saturated rings. The van der Waals surface area contributed by atoms with E-state index in [2.05, 4.69) is 33.8 Å². The molecule has 2 nitrogen and oxygen atoms in total. The van der Waals surface area contributed by atoms with Crippen molar-refractivity contribution in [2.24, 2.45) is 11.8 Å². The summed E-state index contributed by atoms with van der Waals surface area (Å²) in [7, 11) is 0. The molecule has 0 radical (unpaired) electrons. The summed E-state index contributed by atoms with van der Waals surface area (Å²) in [4.78, 5) is 10.6. The van der Waals surface area contributed by atoms with Crippen LogP contribution in [-0.4, -0.2) is 12.6 Å². The minimum absolute atomic E-state index is 0.190. The lowest BCUT2D eigenvalue weighted by atomic mass is 9.99. The number of esters is 1. The average Bonchev–Trinajstić information content (AvgIpc) is 2.00. The van der Waals surface area contributed by atoms with Gasteiger partial charge >= 0.3 is 5.97 Å². The summed E-state index contributed by atoms with van der Waals surface area (Å²) in [6.07, 6.45) is 4.34. The highest BCUT2D eigenvalue weighted by Crippen LogP contribution is 2.14. The molecule has 0 aliphatic rings. The maximum absolute atomic E-state index is 10.6. The number of allylic oxidation sites excluding steroid dienone is 2. The van der Waals surface area contributed by atoms with Gasteiger partial charge in [-0.25, -0.2) is 0 Å². The first-order valence-corrected chi connectivity index (χ1v) is 5.72. The Balaban J connectivity index is 3.80. The maximum atomic E-state index is 10.6. The molecular formula is C13H24O2. The van der Waals surface area contributed by atoms with Gasteiger partial charge in [0.1, 0.15) is 0 Å². The van der Waals surface area contributed by atoms with Crippen LogP contribution in [0.15, 0.2) is 11.6 Å². The zero-order valence-corrected chi connectivity index (χ0v) is 10.7. The Kier molecular flexibility index (Phi) is 7.10. The zero-order valence-electron chi connectivity index (χ0n) is 10.7. The van der Waals surface area contributed by atoms with Crippen LogP contribution in [0.2, 0.25) is 0 Å². The van der Waals surface area contributed by atoms with E-state index in [0.29, 0.717) is 18.4 Å². The molecule has 88 valence electrons. The van der Waals surface area contributed by atoms with Gasteiger partial charge in [0.05, 0.1) is 6.61 Å². The first-order chi connectivity index (χ1) is 6.91. The van der Waals surface area contributed by atoms with E-state index in [-0.39, 0.29) is 5.97 Å². The number of carbonyl (C=O) groups is 1. The van der Waals surface area contributed by atoms with E-state index >= 15 is 0 Å². The van der Waals surface area contributed by atoms with Crippen LogP contribution in [0.5, 0.6) is 0 Å². The fourth-order valence-corrected chi connectivity index (χ4v) is 1.67. The molecule has 0 saturated carbocycles. The first-order valence-electron chi connectivity index (χ1n) is 5.72. The summed E-state index contributed by atoms with van der Waals surface area (Å²) < 4.78 is 4.91. The van der Waals surface area contributed by atoms with E-state index in [0.717, 1.165) is 12.8 Å². The van der Waals surface area contributed by atoms with E-state index in [9.17, 15) is 4.79 Å². The minimum atomic E-state index is -0.190. The Morgan fingerprint density at radius 3 is 2.33 bits per heavy atom. The van der Waals surface area contributed by atoms with Gasteiger partial charge in [0.15, 0.2) is 0 Å². The van der Waals surface area contributed by atoms with Gasteiger partial charge in [-0.3, -0.25) is 4.79 Å². The minimum Gasteiger partial charge on any atom is -0.466 e. The van der Waals surface area contributed by atoms with Crippen LogP contribution in [0, 0.1) is 11.8 Å². The molecule has 0 saturated heterocycles. The van der Waals surface area contributed by atoms with Gasteiger partial charge in [0.25, 0.3) is 0 Å². The summed E-state index contributed by atoms with van der Waals surface area (Å²) in [6, 6.07) is 0. The quantitative estimate of drug-likeness (QED) is 0.497. The molecule has 0 aromatic rings. The van der Waals surface area contributed by atoms with Gasteiger partial charge in [0, 0.05) is 6.92 Å². The second-order valence-electron chi connectivity index (χ2n) is 4.72. The molecule has 15 heavy (non-hydrogen) atoms. The van der Waals surface area contributed by atoms with E-state index in [1.165, 1.54) is 12.5 Å². The van der Waals surface area contributed by atoms with Crippen molar-refractivity contribution in [1.82, 2.24) is 0 Å². The zero-order chi connectivity index (χ0) is 11.8. The fraction of sp³-hybridized carbons (Fsp3) is 0.769. The fourth-order valence-electron chi connectivity index (χ4n) is 1.67. The number of rotatable bonds is 6. The number of ether oxygens (including phenoxy) is 1. The highest BCUT2D eigenvalue weighted by atomic mass is 16.5. The number of hydrogen-bond donors (Lipinski definition) is 0. The summed E-state index contributed by atoms with van der Waals surface area (Å²) in [6.45, 7) is 10.8. The molecule has 0 aliphatic heterocycles. The van der Waals surface area contributed by atoms with Crippen molar-refractivity contribution in [2.45, 2.75) is 47.5 Å². The van der Waals surface area contributed by atoms with Crippen LogP contribution in [0.25, 0.3) is 0 Å². The second-order valence-corrected chi connectivity index (χ2v) is 4.72. The van der Waals surface area contributed by atoms with Gasteiger partial charge < -0.3 is 4.74 Å². The Hall–Kier alpha value is -0.790. The summed E-state index contributed by atoms with van der Waals surface area (Å²) in [5, 5.41) is 0. The van der Waals surface area contributed by atoms with Gasteiger partial charge in [-0.2, -0.15) is 0 Å². The topological polar surface area (TPSA) is 26.3 Å². The second kappa shape index (κ2) is 7.49. The lowest BCUT2D eigenvalue weighted by Gasteiger charge is -2.10. The van der Waals surface area contributed by atoms with E-state index in [1.54, 1.807) is 0 Å². The van der Waals surface area contributed by atoms with Crippen molar-refractivity contribution in [2.75, 3.05) is 6.61 Å². The van der Waals surface area contributed by atoms with E-state index < -0.39 is 0 Å². The SMILES string of the molecule is CC(=O)OCCC(C)C=C(C)CC(C)C. The van der Waals surface area contributed by atoms with Crippen molar-refractivity contribution in [1.29, 1.82) is 0 Å². The van der Waals surface area contributed by atoms with Crippen molar-refractivity contribution in [3.05, 3.63) is 11.6 Å². The van der Waals surface area contributed by atoms with E-state index in [4.69, 9.17) is 4.74 Å². The number of carbonyl (C=O) groups excluding carboxylic acids is 1. The monoisotopic (exact) mass is 212 g/mol. The molecule has 0 aromatic heterocycles. The van der Waals surface area contributed by atoms with Crippen LogP contribution in [0.3, 0.4) is 0 Å². The van der Waals surface area contributed by atoms with E-state index in [1.807, 2.05) is 0 Å². The maximum Gasteiger partial charge on any atom is 0.302 e. The molecule has 2 heteroatoms. The Bertz CT molecular complexity index is 217. The van der Waals surface area contributed by atoms with Crippen molar-refractivity contribution < 1.29 is 9.53 Å². The third-order valence-corrected chi connectivity index (χ3v) is 2.18. The molecular weight excluding hydrogens is 188 g/mol. The number of hydrogen-bond acceptors (Lipinski definition) is 2. The van der Waals surface area contributed by atoms with Crippen LogP contribution in [-0.2, 0) is 9.53 Å². The molecule has 0 rings (SSSR count). The lowest BCUT2D eigenvalue weighted by Crippen LogP contribution is -2.04. The Morgan fingerprint density at radius 1 is 1.27 bits per heavy atom. The highest BCUT2D eigenvalue weighted by molar-refractivity contribution is 5.65. The van der Waals surface area contributed by atoms with Gasteiger partial charge in [0.2, 0.25) is 0 Å². The molecule has 0 aliphatic carbocycles. The standard InChI is InChI=1S/C13H24O2/c1-10(2)8-12(4)9-11(3)6-7-15-13(5)14/h9-11H,6-8H2,1-5H3. The van der Waals surface area contributed by atoms with Gasteiger partial charge in [-0.15, -0.1) is 0 Å². The van der Waals surface area contributed by atoms with Crippen molar-refractivity contribution >= 4 is 5.97 Å². The molecule has 0 N–H and O–H groups in total. The highest BCUT2D eigenvalue weighted by Gasteiger charge is 2.02. The lowest BCUT2D eigenvalue weighted by molar-refractivity contribution is -0.141. The summed E-state index contributed by atoms with van der Waals surface area (Å²) in [5.41, 5.74) is 1.43. The molecule has 0 amide bonds. The molecule has 0 spiro atoms. The molecule has 1 atom stereocenters. The predicted molar refractivity (Wildman–Crippen MR) is 63.6 cm³/mol. The third-order valence-electron chi connectivity index (χ3n) is 2.18. The third kappa shape index (κ3) is 9.51. The molecule has 0 heterocycles. The van der Waals surface area contributed by atoms with Crippen LogP contribution < -0.4 is 0 Å². The Morgan fingerprint density at radius 2 is 1.87 bits per heavy atom. The smallest absolute Gasteiger partial charge is 0.302 e. The van der Waals surface area contributed by atoms with Gasteiger partial charge in [-0.05, 0) is 31.6 Å². The first kappa shape index (κ1) is 14.2. The van der Waals surface area contributed by atoms with Crippen LogP contribution in [0.4, 0.5) is 0 Å². The largest absolute Gasteiger partial charge is 0.466 e.